The van der Waals surface area contributed by atoms with Crippen LogP contribution in [0.1, 0.15) is 25.2 Å². The van der Waals surface area contributed by atoms with Crippen molar-refractivity contribution in [2.24, 2.45) is 0 Å². The maximum atomic E-state index is 11.9. The summed E-state index contributed by atoms with van der Waals surface area (Å²) in [6.07, 6.45) is 2.74. The maximum absolute atomic E-state index is 11.9. The predicted molar refractivity (Wildman–Crippen MR) is 88.6 cm³/mol. The summed E-state index contributed by atoms with van der Waals surface area (Å²) in [5.74, 6) is 1.90. The first kappa shape index (κ1) is 16.4. The van der Waals surface area contributed by atoms with Gasteiger partial charge in [-0.05, 0) is 31.5 Å². The summed E-state index contributed by atoms with van der Waals surface area (Å²) in [6.45, 7) is 1.83. The normalized spacial score (nSPS) is 17.0. The lowest BCUT2D eigenvalue weighted by Crippen LogP contribution is -2.36. The lowest BCUT2D eigenvalue weighted by molar-refractivity contribution is -0.121. The third-order valence-electron chi connectivity index (χ3n) is 4.02. The minimum Gasteiger partial charge on any atom is -0.497 e. The van der Waals surface area contributed by atoms with E-state index < -0.39 is 0 Å². The van der Waals surface area contributed by atoms with Gasteiger partial charge in [0, 0.05) is 31.0 Å². The van der Waals surface area contributed by atoms with Gasteiger partial charge in [0.2, 0.25) is 17.6 Å². The summed E-state index contributed by atoms with van der Waals surface area (Å²) >= 11 is 0. The summed E-state index contributed by atoms with van der Waals surface area (Å²) in [4.78, 5) is 16.2. The number of nitrogens with one attached hydrogen (secondary N) is 2. The van der Waals surface area contributed by atoms with Crippen molar-refractivity contribution in [3.8, 4) is 17.1 Å². The van der Waals surface area contributed by atoms with Crippen LogP contribution in [0, 0.1) is 0 Å². The number of methoxy groups -OCH3 is 1. The molecule has 0 unspecified atom stereocenters. The third kappa shape index (κ3) is 4.32. The van der Waals surface area contributed by atoms with Gasteiger partial charge in [-0.1, -0.05) is 17.3 Å². The number of carbonyl (C=O) groups is 1. The van der Waals surface area contributed by atoms with Crippen LogP contribution in [0.25, 0.3) is 11.4 Å². The first-order valence-electron chi connectivity index (χ1n) is 8.21. The van der Waals surface area contributed by atoms with Gasteiger partial charge >= 0.3 is 0 Å². The molecule has 24 heavy (non-hydrogen) atoms. The molecule has 128 valence electrons. The molecule has 0 spiro atoms. The van der Waals surface area contributed by atoms with Gasteiger partial charge in [-0.25, -0.2) is 0 Å². The van der Waals surface area contributed by atoms with E-state index in [1.807, 2.05) is 24.3 Å². The number of aryl methyl sites for hydroxylation is 1. The second-order valence-electron chi connectivity index (χ2n) is 5.85. The van der Waals surface area contributed by atoms with Crippen LogP contribution in [-0.2, 0) is 11.2 Å². The highest BCUT2D eigenvalue weighted by Crippen LogP contribution is 2.21. The lowest BCUT2D eigenvalue weighted by Gasteiger charge is -2.10. The number of carbonyl (C=O) groups excluding carboxylic acids is 1. The van der Waals surface area contributed by atoms with Gasteiger partial charge in [0.15, 0.2) is 0 Å². The molecule has 2 N–H and O–H groups in total. The molecule has 2 aromatic rings. The number of hydrogen-bond acceptors (Lipinski definition) is 6. The van der Waals surface area contributed by atoms with E-state index in [0.29, 0.717) is 31.0 Å². The predicted octanol–water partition coefficient (Wildman–Crippen LogP) is 1.55. The van der Waals surface area contributed by atoms with Crippen LogP contribution in [0.2, 0.25) is 0 Å². The molecule has 0 saturated carbocycles. The largest absolute Gasteiger partial charge is 0.497 e. The maximum Gasteiger partial charge on any atom is 0.226 e. The number of aromatic nitrogens is 2. The van der Waals surface area contributed by atoms with E-state index in [4.69, 9.17) is 9.26 Å². The molecule has 7 nitrogen and oxygen atoms in total. The fourth-order valence-corrected chi connectivity index (χ4v) is 2.71. The molecule has 1 atom stereocenters. The number of hydrogen-bond donors (Lipinski definition) is 2. The Kier molecular flexibility index (Phi) is 5.43. The molecule has 3 rings (SSSR count). The van der Waals surface area contributed by atoms with Gasteiger partial charge in [0.1, 0.15) is 5.75 Å². The lowest BCUT2D eigenvalue weighted by atomic mass is 10.2. The second kappa shape index (κ2) is 7.92. The van der Waals surface area contributed by atoms with E-state index in [0.717, 1.165) is 30.8 Å². The zero-order valence-corrected chi connectivity index (χ0v) is 13.7. The molecular weight excluding hydrogens is 308 g/mol. The molecule has 0 aliphatic carbocycles. The molecule has 2 heterocycles. The Hall–Kier alpha value is -2.41. The standard InChI is InChI=1S/C17H22N4O3/c1-23-14-5-2-4-12(10-14)17-20-16(24-21-17)7-3-6-15(22)19-13-8-9-18-11-13/h2,4-5,10,13,18H,3,6-9,11H2,1H3,(H,19,22)/t13-/m1/s1. The van der Waals surface area contributed by atoms with Crippen LogP contribution < -0.4 is 15.4 Å². The highest BCUT2D eigenvalue weighted by Gasteiger charge is 2.16. The van der Waals surface area contributed by atoms with Gasteiger partial charge in [-0.3, -0.25) is 4.79 Å². The Labute approximate surface area is 140 Å². The number of amides is 1. The van der Waals surface area contributed by atoms with Crippen molar-refractivity contribution in [2.75, 3.05) is 20.2 Å². The summed E-state index contributed by atoms with van der Waals surface area (Å²) in [5.41, 5.74) is 0.843. The van der Waals surface area contributed by atoms with Gasteiger partial charge in [0.05, 0.1) is 7.11 Å². The zero-order valence-electron chi connectivity index (χ0n) is 13.7. The van der Waals surface area contributed by atoms with Gasteiger partial charge in [-0.2, -0.15) is 4.98 Å². The molecule has 1 aliphatic heterocycles. The van der Waals surface area contributed by atoms with Crippen LogP contribution in [0.3, 0.4) is 0 Å². The van der Waals surface area contributed by atoms with Gasteiger partial charge < -0.3 is 19.9 Å². The van der Waals surface area contributed by atoms with E-state index >= 15 is 0 Å². The summed E-state index contributed by atoms with van der Waals surface area (Å²) in [5, 5.41) is 10.2. The summed E-state index contributed by atoms with van der Waals surface area (Å²) in [6, 6.07) is 7.77. The minimum atomic E-state index is 0.0798. The Morgan fingerprint density at radius 3 is 3.21 bits per heavy atom. The van der Waals surface area contributed by atoms with E-state index in [-0.39, 0.29) is 11.9 Å². The number of benzene rings is 1. The van der Waals surface area contributed by atoms with Crippen LogP contribution in [-0.4, -0.2) is 42.3 Å². The highest BCUT2D eigenvalue weighted by molar-refractivity contribution is 5.76. The Morgan fingerprint density at radius 2 is 2.42 bits per heavy atom. The third-order valence-corrected chi connectivity index (χ3v) is 4.02. The molecule has 1 fully saturated rings. The SMILES string of the molecule is COc1cccc(-c2noc(CCCC(=O)N[C@@H]3CCNC3)n2)c1. The van der Waals surface area contributed by atoms with E-state index in [1.165, 1.54) is 0 Å². The molecule has 1 aromatic carbocycles. The molecule has 0 radical (unpaired) electrons. The molecule has 1 aromatic heterocycles. The minimum absolute atomic E-state index is 0.0798. The van der Waals surface area contributed by atoms with Crippen LogP contribution in [0.4, 0.5) is 0 Å². The van der Waals surface area contributed by atoms with Crippen molar-refractivity contribution in [1.29, 1.82) is 0 Å². The average molecular weight is 330 g/mol. The van der Waals surface area contributed by atoms with Crippen LogP contribution in [0.5, 0.6) is 5.75 Å². The highest BCUT2D eigenvalue weighted by atomic mass is 16.5. The molecule has 0 bridgehead atoms. The Bertz CT molecular complexity index is 680. The van der Waals surface area contributed by atoms with E-state index in [1.54, 1.807) is 7.11 Å². The molecule has 7 heteroatoms. The molecule has 1 amide bonds. The van der Waals surface area contributed by atoms with E-state index in [9.17, 15) is 4.79 Å². The van der Waals surface area contributed by atoms with E-state index in [2.05, 4.69) is 20.8 Å². The molecule has 1 aliphatic rings. The van der Waals surface area contributed by atoms with Crippen molar-refractivity contribution in [2.45, 2.75) is 31.7 Å². The number of nitrogens with zero attached hydrogens (tertiary/aromatic N) is 2. The molecular formula is C17H22N4O3. The summed E-state index contributed by atoms with van der Waals surface area (Å²) < 4.78 is 10.5. The monoisotopic (exact) mass is 330 g/mol. The first-order chi connectivity index (χ1) is 11.7. The number of rotatable bonds is 7. The fourth-order valence-electron chi connectivity index (χ4n) is 2.71. The van der Waals surface area contributed by atoms with Crippen molar-refractivity contribution in [1.82, 2.24) is 20.8 Å². The van der Waals surface area contributed by atoms with Gasteiger partial charge in [-0.15, -0.1) is 0 Å². The second-order valence-corrected chi connectivity index (χ2v) is 5.85. The zero-order chi connectivity index (χ0) is 16.8. The Morgan fingerprint density at radius 1 is 1.50 bits per heavy atom. The molecule has 1 saturated heterocycles. The van der Waals surface area contributed by atoms with Crippen LogP contribution in [0.15, 0.2) is 28.8 Å². The van der Waals surface area contributed by atoms with Crippen molar-refractivity contribution in [3.63, 3.8) is 0 Å². The Balaban J connectivity index is 1.48. The van der Waals surface area contributed by atoms with Gasteiger partial charge in [0.25, 0.3) is 0 Å². The number of ether oxygens (including phenoxy) is 1. The van der Waals surface area contributed by atoms with Crippen LogP contribution >= 0.6 is 0 Å². The fraction of sp³-hybridized carbons (Fsp3) is 0.471. The van der Waals surface area contributed by atoms with Crippen molar-refractivity contribution in [3.05, 3.63) is 30.2 Å². The summed E-state index contributed by atoms with van der Waals surface area (Å²) in [7, 11) is 1.62. The van der Waals surface area contributed by atoms with Crippen molar-refractivity contribution >= 4 is 5.91 Å². The quantitative estimate of drug-likeness (QED) is 0.800. The average Bonchev–Trinajstić information content (AvgIpc) is 3.27. The van der Waals surface area contributed by atoms with Crippen molar-refractivity contribution < 1.29 is 14.1 Å². The smallest absolute Gasteiger partial charge is 0.226 e. The first-order valence-corrected chi connectivity index (χ1v) is 8.21. The topological polar surface area (TPSA) is 89.3 Å².